The van der Waals surface area contributed by atoms with Gasteiger partial charge < -0.3 is 4.98 Å². The quantitative estimate of drug-likeness (QED) is 0.634. The minimum absolute atomic E-state index is 0.560. The maximum Gasteiger partial charge on any atom is 0.152 e. The van der Waals surface area contributed by atoms with Crippen molar-refractivity contribution in [2.45, 2.75) is 13.3 Å². The van der Waals surface area contributed by atoms with E-state index in [1.165, 1.54) is 5.56 Å². The fourth-order valence-electron chi connectivity index (χ4n) is 2.50. The molecule has 4 heteroatoms. The SMILES string of the molecule is CCc1ccc2[nH]c(-c3cc(Cl)ccc3Cl)c(C=O)c2c1. The fourth-order valence-corrected chi connectivity index (χ4v) is 2.89. The second-order valence-electron chi connectivity index (χ2n) is 4.89. The molecule has 0 saturated heterocycles. The third kappa shape index (κ3) is 2.45. The summed E-state index contributed by atoms with van der Waals surface area (Å²) in [5, 5.41) is 2.05. The topological polar surface area (TPSA) is 32.9 Å². The zero-order valence-corrected chi connectivity index (χ0v) is 12.9. The summed E-state index contributed by atoms with van der Waals surface area (Å²) >= 11 is 12.3. The van der Waals surface area contributed by atoms with Gasteiger partial charge in [0, 0.05) is 27.1 Å². The summed E-state index contributed by atoms with van der Waals surface area (Å²) in [6.45, 7) is 2.09. The van der Waals surface area contributed by atoms with Gasteiger partial charge in [0.2, 0.25) is 0 Å². The van der Waals surface area contributed by atoms with Crippen LogP contribution < -0.4 is 0 Å². The number of hydrogen-bond acceptors (Lipinski definition) is 1. The number of H-pyrrole nitrogens is 1. The van der Waals surface area contributed by atoms with Crippen LogP contribution in [0.15, 0.2) is 36.4 Å². The van der Waals surface area contributed by atoms with E-state index in [9.17, 15) is 4.79 Å². The highest BCUT2D eigenvalue weighted by Crippen LogP contribution is 2.35. The number of aromatic nitrogens is 1. The van der Waals surface area contributed by atoms with Crippen LogP contribution in [-0.2, 0) is 6.42 Å². The van der Waals surface area contributed by atoms with Gasteiger partial charge in [-0.2, -0.15) is 0 Å². The molecule has 3 aromatic rings. The molecule has 0 spiro atoms. The molecule has 1 aromatic heterocycles. The van der Waals surface area contributed by atoms with Crippen LogP contribution in [0.5, 0.6) is 0 Å². The molecule has 0 fully saturated rings. The van der Waals surface area contributed by atoms with Crippen LogP contribution >= 0.6 is 23.2 Å². The number of benzene rings is 2. The van der Waals surface area contributed by atoms with Crippen molar-refractivity contribution < 1.29 is 4.79 Å². The third-order valence-corrected chi connectivity index (χ3v) is 4.19. The minimum atomic E-state index is 0.560. The molecular formula is C17H13Cl2NO. The Labute approximate surface area is 132 Å². The molecule has 0 aliphatic rings. The Morgan fingerprint density at radius 2 is 1.95 bits per heavy atom. The monoisotopic (exact) mass is 317 g/mol. The van der Waals surface area contributed by atoms with Gasteiger partial charge in [-0.1, -0.05) is 36.2 Å². The lowest BCUT2D eigenvalue weighted by Crippen LogP contribution is -1.86. The van der Waals surface area contributed by atoms with Gasteiger partial charge >= 0.3 is 0 Å². The summed E-state index contributed by atoms with van der Waals surface area (Å²) in [6, 6.07) is 11.3. The predicted molar refractivity (Wildman–Crippen MR) is 88.5 cm³/mol. The lowest BCUT2D eigenvalue weighted by atomic mass is 10.0. The van der Waals surface area contributed by atoms with Gasteiger partial charge in [0.25, 0.3) is 0 Å². The van der Waals surface area contributed by atoms with Gasteiger partial charge in [-0.3, -0.25) is 4.79 Å². The van der Waals surface area contributed by atoms with E-state index in [4.69, 9.17) is 23.2 Å². The third-order valence-electron chi connectivity index (χ3n) is 3.63. The summed E-state index contributed by atoms with van der Waals surface area (Å²) in [5.74, 6) is 0. The largest absolute Gasteiger partial charge is 0.354 e. The van der Waals surface area contributed by atoms with E-state index in [-0.39, 0.29) is 0 Å². The molecule has 0 aliphatic heterocycles. The highest BCUT2D eigenvalue weighted by atomic mass is 35.5. The van der Waals surface area contributed by atoms with Gasteiger partial charge in [-0.15, -0.1) is 0 Å². The van der Waals surface area contributed by atoms with E-state index >= 15 is 0 Å². The van der Waals surface area contributed by atoms with Gasteiger partial charge in [0.05, 0.1) is 10.7 Å². The Morgan fingerprint density at radius 3 is 2.67 bits per heavy atom. The molecule has 0 saturated carbocycles. The maximum atomic E-state index is 11.6. The number of aromatic amines is 1. The first-order valence-corrected chi connectivity index (χ1v) is 7.44. The highest BCUT2D eigenvalue weighted by molar-refractivity contribution is 6.35. The van der Waals surface area contributed by atoms with Crippen LogP contribution in [0.3, 0.4) is 0 Å². The molecule has 0 radical (unpaired) electrons. The van der Waals surface area contributed by atoms with Gasteiger partial charge in [-0.05, 0) is 42.3 Å². The Morgan fingerprint density at radius 1 is 1.14 bits per heavy atom. The van der Waals surface area contributed by atoms with Gasteiger partial charge in [-0.25, -0.2) is 0 Å². The smallest absolute Gasteiger partial charge is 0.152 e. The molecule has 2 aromatic carbocycles. The number of carbonyl (C=O) groups excluding carboxylic acids is 1. The van der Waals surface area contributed by atoms with E-state index in [0.29, 0.717) is 21.3 Å². The van der Waals surface area contributed by atoms with Gasteiger partial charge in [0.15, 0.2) is 6.29 Å². The Bertz CT molecular complexity index is 836. The van der Waals surface area contributed by atoms with Crippen molar-refractivity contribution >= 4 is 40.4 Å². The summed E-state index contributed by atoms with van der Waals surface area (Å²) in [5.41, 5.74) is 4.17. The van der Waals surface area contributed by atoms with Crippen molar-refractivity contribution in [2.75, 3.05) is 0 Å². The number of halogens is 2. The molecule has 3 rings (SSSR count). The lowest BCUT2D eigenvalue weighted by molar-refractivity contribution is 0.112. The van der Waals surface area contributed by atoms with Crippen molar-refractivity contribution in [1.82, 2.24) is 4.98 Å². The number of carbonyl (C=O) groups is 1. The number of rotatable bonds is 3. The Balaban J connectivity index is 2.32. The summed E-state index contributed by atoms with van der Waals surface area (Å²) in [6.07, 6.45) is 1.79. The van der Waals surface area contributed by atoms with E-state index in [0.717, 1.165) is 29.2 Å². The first-order chi connectivity index (χ1) is 10.1. The lowest BCUT2D eigenvalue weighted by Gasteiger charge is -2.04. The van der Waals surface area contributed by atoms with E-state index in [2.05, 4.69) is 18.0 Å². The van der Waals surface area contributed by atoms with E-state index in [1.54, 1.807) is 18.2 Å². The molecule has 0 bridgehead atoms. The molecule has 0 atom stereocenters. The Hall–Kier alpha value is -1.77. The number of fused-ring (bicyclic) bond motifs is 1. The second-order valence-corrected chi connectivity index (χ2v) is 5.73. The van der Waals surface area contributed by atoms with Crippen LogP contribution in [0, 0.1) is 0 Å². The molecule has 1 N–H and O–H groups in total. The second kappa shape index (κ2) is 5.55. The zero-order valence-electron chi connectivity index (χ0n) is 11.4. The normalized spacial score (nSPS) is 11.0. The summed E-state index contributed by atoms with van der Waals surface area (Å²) in [4.78, 5) is 14.9. The average Bonchev–Trinajstić information content (AvgIpc) is 2.86. The molecule has 106 valence electrons. The van der Waals surface area contributed by atoms with Crippen LogP contribution in [0.25, 0.3) is 22.2 Å². The fraction of sp³-hybridized carbons (Fsp3) is 0.118. The first kappa shape index (κ1) is 14.2. The van der Waals surface area contributed by atoms with Crippen LogP contribution in [-0.4, -0.2) is 11.3 Å². The summed E-state index contributed by atoms with van der Waals surface area (Å²) in [7, 11) is 0. The number of aryl methyl sites for hydroxylation is 1. The van der Waals surface area contributed by atoms with E-state index in [1.807, 2.05) is 12.1 Å². The number of nitrogens with one attached hydrogen (secondary N) is 1. The average molecular weight is 318 g/mol. The van der Waals surface area contributed by atoms with Crippen molar-refractivity contribution in [2.24, 2.45) is 0 Å². The van der Waals surface area contributed by atoms with Crippen LogP contribution in [0.4, 0.5) is 0 Å². The molecule has 0 aliphatic carbocycles. The number of hydrogen-bond donors (Lipinski definition) is 1. The molecule has 21 heavy (non-hydrogen) atoms. The summed E-state index contributed by atoms with van der Waals surface area (Å²) < 4.78 is 0. The van der Waals surface area contributed by atoms with Crippen molar-refractivity contribution in [1.29, 1.82) is 0 Å². The number of aldehydes is 1. The molecule has 0 amide bonds. The van der Waals surface area contributed by atoms with Crippen LogP contribution in [0.1, 0.15) is 22.8 Å². The van der Waals surface area contributed by atoms with E-state index < -0.39 is 0 Å². The maximum absolute atomic E-state index is 11.6. The standard InChI is InChI=1S/C17H13Cl2NO/c1-2-10-3-6-16-12(7-10)14(9-21)17(20-16)13-8-11(18)4-5-15(13)19/h3-9,20H,2H2,1H3. The molecule has 0 unspecified atom stereocenters. The van der Waals surface area contributed by atoms with Crippen molar-refractivity contribution in [3.05, 3.63) is 57.6 Å². The van der Waals surface area contributed by atoms with Crippen LogP contribution in [0.2, 0.25) is 10.0 Å². The molecular weight excluding hydrogens is 305 g/mol. The first-order valence-electron chi connectivity index (χ1n) is 6.69. The Kier molecular flexibility index (Phi) is 3.75. The highest BCUT2D eigenvalue weighted by Gasteiger charge is 2.15. The van der Waals surface area contributed by atoms with Crippen molar-refractivity contribution in [3.63, 3.8) is 0 Å². The molecule has 1 heterocycles. The zero-order chi connectivity index (χ0) is 15.0. The predicted octanol–water partition coefficient (Wildman–Crippen LogP) is 5.52. The minimum Gasteiger partial charge on any atom is -0.354 e. The molecule has 2 nitrogen and oxygen atoms in total. The van der Waals surface area contributed by atoms with Crippen molar-refractivity contribution in [3.8, 4) is 11.3 Å². The van der Waals surface area contributed by atoms with Gasteiger partial charge in [0.1, 0.15) is 0 Å².